The number of carboxylic acids is 1. The van der Waals surface area contributed by atoms with Crippen LogP contribution in [0.3, 0.4) is 0 Å². The molecule has 4 N–H and O–H groups in total. The van der Waals surface area contributed by atoms with E-state index in [9.17, 15) is 9.59 Å². The highest BCUT2D eigenvalue weighted by Crippen LogP contribution is 2.07. The smallest absolute Gasteiger partial charge is 0.320 e. The molecule has 0 aliphatic carbocycles. The monoisotopic (exact) mass is 222 g/mol. The number of hydrogen-bond acceptors (Lipinski definition) is 3. The standard InChI is InChI=1S/C11H14N2O3/c1-7(11(15)16)13-6-8-4-2-3-5-9(8)10(12)14/h2-5,7,13H,6H2,1H3,(H2,12,14)(H,15,16)/t7-/m1/s1. The molecule has 0 fully saturated rings. The van der Waals surface area contributed by atoms with Crippen molar-refractivity contribution in [1.29, 1.82) is 0 Å². The zero-order chi connectivity index (χ0) is 12.1. The Morgan fingerprint density at radius 1 is 1.44 bits per heavy atom. The summed E-state index contributed by atoms with van der Waals surface area (Å²) in [5.74, 6) is -1.45. The van der Waals surface area contributed by atoms with Crippen LogP contribution in [0.1, 0.15) is 22.8 Å². The van der Waals surface area contributed by atoms with Crippen LogP contribution in [0, 0.1) is 0 Å². The third kappa shape index (κ3) is 3.06. The third-order valence-corrected chi connectivity index (χ3v) is 2.25. The lowest BCUT2D eigenvalue weighted by Crippen LogP contribution is -2.33. The van der Waals surface area contributed by atoms with Crippen molar-refractivity contribution in [2.75, 3.05) is 0 Å². The van der Waals surface area contributed by atoms with Crippen LogP contribution in [0.5, 0.6) is 0 Å². The van der Waals surface area contributed by atoms with Crippen LogP contribution in [-0.4, -0.2) is 23.0 Å². The maximum Gasteiger partial charge on any atom is 0.320 e. The number of carboxylic acid groups (broad SMARTS) is 1. The molecule has 1 atom stereocenters. The van der Waals surface area contributed by atoms with Gasteiger partial charge in [0.25, 0.3) is 0 Å². The molecular weight excluding hydrogens is 208 g/mol. The Morgan fingerprint density at radius 3 is 2.62 bits per heavy atom. The van der Waals surface area contributed by atoms with Gasteiger partial charge in [-0.1, -0.05) is 18.2 Å². The second-order valence-electron chi connectivity index (χ2n) is 3.46. The van der Waals surface area contributed by atoms with Crippen LogP contribution in [0.25, 0.3) is 0 Å². The van der Waals surface area contributed by atoms with E-state index in [1.165, 1.54) is 6.92 Å². The number of carbonyl (C=O) groups is 2. The summed E-state index contributed by atoms with van der Waals surface area (Å²) in [7, 11) is 0. The fraction of sp³-hybridized carbons (Fsp3) is 0.273. The van der Waals surface area contributed by atoms with E-state index in [2.05, 4.69) is 5.32 Å². The lowest BCUT2D eigenvalue weighted by molar-refractivity contribution is -0.139. The zero-order valence-corrected chi connectivity index (χ0v) is 8.93. The average Bonchev–Trinajstić information content (AvgIpc) is 2.25. The second-order valence-corrected chi connectivity index (χ2v) is 3.46. The quantitative estimate of drug-likeness (QED) is 0.670. The van der Waals surface area contributed by atoms with Gasteiger partial charge >= 0.3 is 5.97 Å². The van der Waals surface area contributed by atoms with Gasteiger partial charge in [-0.3, -0.25) is 9.59 Å². The lowest BCUT2D eigenvalue weighted by Gasteiger charge is -2.11. The maximum atomic E-state index is 11.1. The Hall–Kier alpha value is -1.88. The van der Waals surface area contributed by atoms with Gasteiger partial charge in [0.15, 0.2) is 0 Å². The number of amides is 1. The number of nitrogens with two attached hydrogens (primary N) is 1. The molecule has 0 aromatic heterocycles. The number of aliphatic carboxylic acids is 1. The van der Waals surface area contributed by atoms with Gasteiger partial charge in [-0.25, -0.2) is 0 Å². The van der Waals surface area contributed by atoms with Gasteiger partial charge in [-0.2, -0.15) is 0 Å². The summed E-state index contributed by atoms with van der Waals surface area (Å²) in [6.45, 7) is 1.84. The molecule has 5 nitrogen and oxygen atoms in total. The summed E-state index contributed by atoms with van der Waals surface area (Å²) in [5.41, 5.74) is 6.30. The van der Waals surface area contributed by atoms with Crippen molar-refractivity contribution in [2.24, 2.45) is 5.73 Å². The maximum absolute atomic E-state index is 11.1. The van der Waals surface area contributed by atoms with Crippen LogP contribution in [0.4, 0.5) is 0 Å². The van der Waals surface area contributed by atoms with Crippen molar-refractivity contribution in [3.8, 4) is 0 Å². The van der Waals surface area contributed by atoms with E-state index in [4.69, 9.17) is 10.8 Å². The normalized spacial score (nSPS) is 12.1. The first-order valence-electron chi connectivity index (χ1n) is 4.86. The third-order valence-electron chi connectivity index (χ3n) is 2.25. The van der Waals surface area contributed by atoms with Gasteiger partial charge in [0.05, 0.1) is 0 Å². The molecule has 0 heterocycles. The van der Waals surface area contributed by atoms with Gasteiger partial charge in [0.1, 0.15) is 6.04 Å². The molecule has 5 heteroatoms. The van der Waals surface area contributed by atoms with E-state index in [0.717, 1.165) is 0 Å². The van der Waals surface area contributed by atoms with Crippen molar-refractivity contribution >= 4 is 11.9 Å². The first-order chi connectivity index (χ1) is 7.52. The molecule has 1 aromatic rings. The molecule has 1 amide bonds. The minimum absolute atomic E-state index is 0.298. The Morgan fingerprint density at radius 2 is 2.06 bits per heavy atom. The van der Waals surface area contributed by atoms with E-state index in [1.54, 1.807) is 24.3 Å². The topological polar surface area (TPSA) is 92.4 Å². The second kappa shape index (κ2) is 5.27. The summed E-state index contributed by atoms with van der Waals surface area (Å²) < 4.78 is 0. The summed E-state index contributed by atoms with van der Waals surface area (Å²) in [4.78, 5) is 21.7. The summed E-state index contributed by atoms with van der Waals surface area (Å²) in [6, 6.07) is 6.17. The molecule has 0 spiro atoms. The summed E-state index contributed by atoms with van der Waals surface area (Å²) in [5, 5.41) is 11.5. The predicted molar refractivity (Wildman–Crippen MR) is 58.9 cm³/mol. The first-order valence-corrected chi connectivity index (χ1v) is 4.86. The van der Waals surface area contributed by atoms with Gasteiger partial charge in [0, 0.05) is 12.1 Å². The summed E-state index contributed by atoms with van der Waals surface area (Å²) in [6.07, 6.45) is 0. The molecule has 0 aliphatic rings. The van der Waals surface area contributed by atoms with E-state index in [1.807, 2.05) is 0 Å². The average molecular weight is 222 g/mol. The number of primary amides is 1. The van der Waals surface area contributed by atoms with Gasteiger partial charge < -0.3 is 16.2 Å². The number of rotatable bonds is 5. The molecule has 0 saturated carbocycles. The molecule has 1 rings (SSSR count). The summed E-state index contributed by atoms with van der Waals surface area (Å²) >= 11 is 0. The van der Waals surface area contributed by atoms with Crippen molar-refractivity contribution < 1.29 is 14.7 Å². The molecule has 1 aromatic carbocycles. The van der Waals surface area contributed by atoms with Crippen molar-refractivity contribution in [1.82, 2.24) is 5.32 Å². The van der Waals surface area contributed by atoms with Crippen LogP contribution in [-0.2, 0) is 11.3 Å². The van der Waals surface area contributed by atoms with E-state index in [0.29, 0.717) is 17.7 Å². The number of carbonyl (C=O) groups excluding carboxylic acids is 1. The highest BCUT2D eigenvalue weighted by molar-refractivity contribution is 5.94. The lowest BCUT2D eigenvalue weighted by atomic mass is 10.1. The molecule has 86 valence electrons. The number of nitrogens with one attached hydrogen (secondary N) is 1. The number of hydrogen-bond donors (Lipinski definition) is 3. The minimum Gasteiger partial charge on any atom is -0.480 e. The van der Waals surface area contributed by atoms with Gasteiger partial charge in [-0.05, 0) is 18.6 Å². The molecule has 16 heavy (non-hydrogen) atoms. The Bertz CT molecular complexity index is 404. The zero-order valence-electron chi connectivity index (χ0n) is 8.93. The van der Waals surface area contributed by atoms with Crippen molar-refractivity contribution in [2.45, 2.75) is 19.5 Å². The van der Waals surface area contributed by atoms with E-state index in [-0.39, 0.29) is 0 Å². The molecular formula is C11H14N2O3. The van der Waals surface area contributed by atoms with Crippen molar-refractivity contribution in [3.05, 3.63) is 35.4 Å². The van der Waals surface area contributed by atoms with Crippen molar-refractivity contribution in [3.63, 3.8) is 0 Å². The highest BCUT2D eigenvalue weighted by atomic mass is 16.4. The Balaban J connectivity index is 2.74. The van der Waals surface area contributed by atoms with E-state index < -0.39 is 17.9 Å². The fourth-order valence-corrected chi connectivity index (χ4v) is 1.27. The fourth-order valence-electron chi connectivity index (χ4n) is 1.27. The Kier molecular flexibility index (Phi) is 4.02. The predicted octanol–water partition coefficient (Wildman–Crippen LogP) is 0.348. The molecule has 0 aliphatic heterocycles. The molecule has 0 unspecified atom stereocenters. The van der Waals surface area contributed by atoms with Crippen LogP contribution in [0.2, 0.25) is 0 Å². The van der Waals surface area contributed by atoms with Crippen LogP contribution in [0.15, 0.2) is 24.3 Å². The number of benzene rings is 1. The van der Waals surface area contributed by atoms with Crippen LogP contribution >= 0.6 is 0 Å². The highest BCUT2D eigenvalue weighted by Gasteiger charge is 2.12. The minimum atomic E-state index is -0.934. The van der Waals surface area contributed by atoms with Gasteiger partial charge in [-0.15, -0.1) is 0 Å². The largest absolute Gasteiger partial charge is 0.480 e. The Labute approximate surface area is 93.3 Å². The molecule has 0 bridgehead atoms. The van der Waals surface area contributed by atoms with Crippen LogP contribution < -0.4 is 11.1 Å². The SMILES string of the molecule is C[C@@H](NCc1ccccc1C(N)=O)C(=O)O. The van der Waals surface area contributed by atoms with E-state index >= 15 is 0 Å². The van der Waals surface area contributed by atoms with Gasteiger partial charge in [0.2, 0.25) is 5.91 Å². The molecule has 0 radical (unpaired) electrons. The first kappa shape index (κ1) is 12.2. The molecule has 0 saturated heterocycles.